The van der Waals surface area contributed by atoms with Crippen molar-refractivity contribution in [2.24, 2.45) is 4.99 Å². The molecule has 1 aromatic carbocycles. The summed E-state index contributed by atoms with van der Waals surface area (Å²) in [5.74, 6) is 0. The molecule has 0 fully saturated rings. The van der Waals surface area contributed by atoms with Crippen LogP contribution in [0.4, 0.5) is 0 Å². The number of aliphatic imine (C=N–C) groups is 1. The molecule has 0 saturated carbocycles. The van der Waals surface area contributed by atoms with Gasteiger partial charge < -0.3 is 4.74 Å². The summed E-state index contributed by atoms with van der Waals surface area (Å²) in [6.45, 7) is 5.57. The monoisotopic (exact) mass is 219 g/mol. The zero-order valence-corrected chi connectivity index (χ0v) is 10.3. The second-order valence-corrected chi connectivity index (χ2v) is 9.45. The molecule has 2 nitrogen and oxygen atoms in total. The van der Waals surface area contributed by atoms with E-state index in [1.54, 1.807) is 6.40 Å². The molecule has 1 unspecified atom stereocenters. The van der Waals surface area contributed by atoms with Crippen LogP contribution in [0.15, 0.2) is 35.3 Å². The number of nitrogens with zero attached hydrogens (tertiary/aromatic N) is 1. The molecule has 0 amide bonds. The van der Waals surface area contributed by atoms with Crippen molar-refractivity contribution in [2.45, 2.75) is 25.2 Å². The van der Waals surface area contributed by atoms with Crippen molar-refractivity contribution in [3.8, 4) is 0 Å². The molecule has 0 aromatic heterocycles. The van der Waals surface area contributed by atoms with Crippen molar-refractivity contribution in [3.05, 3.63) is 30.3 Å². The molecule has 1 atom stereocenters. The van der Waals surface area contributed by atoms with Crippen molar-refractivity contribution in [3.63, 3.8) is 0 Å². The molecule has 1 heterocycles. The molecule has 15 heavy (non-hydrogen) atoms. The van der Waals surface area contributed by atoms with E-state index in [1.165, 1.54) is 11.2 Å². The number of ether oxygens (including phenoxy) is 1. The second-order valence-electron chi connectivity index (χ2n) is 4.70. The molecular formula is C12H17NOSi. The number of hydrogen-bond donors (Lipinski definition) is 0. The van der Waals surface area contributed by atoms with Crippen LogP contribution < -0.4 is 5.19 Å². The molecule has 1 aliphatic heterocycles. The first-order valence-corrected chi connectivity index (χ1v) is 8.58. The highest BCUT2D eigenvalue weighted by Crippen LogP contribution is 2.17. The summed E-state index contributed by atoms with van der Waals surface area (Å²) in [5, 5.41) is 1.51. The Bertz CT molecular complexity index is 348. The molecular weight excluding hydrogens is 202 g/mol. The largest absolute Gasteiger partial charge is 0.481 e. The summed E-state index contributed by atoms with van der Waals surface area (Å²) < 4.78 is 5.17. The maximum absolute atomic E-state index is 5.17. The summed E-state index contributed by atoms with van der Waals surface area (Å²) in [6, 6.07) is 12.4. The fourth-order valence-electron chi connectivity index (χ4n) is 2.03. The summed E-state index contributed by atoms with van der Waals surface area (Å²) in [5.41, 5.74) is 0. The van der Waals surface area contributed by atoms with Crippen molar-refractivity contribution in [2.75, 3.05) is 6.61 Å². The van der Waals surface area contributed by atoms with Gasteiger partial charge >= 0.3 is 0 Å². The van der Waals surface area contributed by atoms with Gasteiger partial charge in [0.1, 0.15) is 6.61 Å². The van der Waals surface area contributed by atoms with Gasteiger partial charge in [-0.15, -0.1) is 0 Å². The van der Waals surface area contributed by atoms with Crippen molar-refractivity contribution < 1.29 is 4.74 Å². The number of rotatable bonds is 3. The Labute approximate surface area is 92.0 Å². The van der Waals surface area contributed by atoms with E-state index in [2.05, 4.69) is 48.4 Å². The Kier molecular flexibility index (Phi) is 2.91. The lowest BCUT2D eigenvalue weighted by Gasteiger charge is -2.24. The van der Waals surface area contributed by atoms with Crippen LogP contribution in [0, 0.1) is 0 Å². The number of hydrogen-bond acceptors (Lipinski definition) is 2. The van der Waals surface area contributed by atoms with Crippen LogP contribution in [-0.2, 0) is 4.74 Å². The summed E-state index contributed by atoms with van der Waals surface area (Å²) in [4.78, 5) is 4.33. The lowest BCUT2D eigenvalue weighted by Crippen LogP contribution is -2.43. The Morgan fingerprint density at radius 2 is 2.07 bits per heavy atom. The molecule has 1 aliphatic rings. The van der Waals surface area contributed by atoms with Crippen LogP contribution in [0.1, 0.15) is 0 Å². The minimum atomic E-state index is -1.34. The third kappa shape index (κ3) is 2.48. The van der Waals surface area contributed by atoms with Gasteiger partial charge in [0.2, 0.25) is 0 Å². The Balaban J connectivity index is 2.09. The van der Waals surface area contributed by atoms with Gasteiger partial charge in [0.25, 0.3) is 0 Å². The third-order valence-corrected chi connectivity index (χ3v) is 6.32. The fraction of sp³-hybridized carbons (Fsp3) is 0.417. The first-order valence-electron chi connectivity index (χ1n) is 5.37. The average Bonchev–Trinajstić information content (AvgIpc) is 2.71. The highest BCUT2D eigenvalue weighted by Gasteiger charge is 2.28. The molecule has 0 saturated heterocycles. The zero-order chi connectivity index (χ0) is 10.7. The molecule has 2 rings (SSSR count). The third-order valence-electron chi connectivity index (χ3n) is 2.94. The minimum absolute atomic E-state index is 0.381. The molecule has 0 bridgehead atoms. The van der Waals surface area contributed by atoms with Gasteiger partial charge in [-0.3, -0.25) is 4.99 Å². The first-order chi connectivity index (χ1) is 7.18. The first kappa shape index (κ1) is 10.4. The Morgan fingerprint density at radius 1 is 1.33 bits per heavy atom. The molecule has 0 N–H and O–H groups in total. The van der Waals surface area contributed by atoms with Crippen LogP contribution in [0.25, 0.3) is 0 Å². The number of benzene rings is 1. The second kappa shape index (κ2) is 4.19. The van der Waals surface area contributed by atoms with Crippen molar-refractivity contribution in [1.82, 2.24) is 0 Å². The highest BCUT2D eigenvalue weighted by molar-refractivity contribution is 6.89. The SMILES string of the molecule is C[Si](C)(CC1COC=N1)c1ccccc1. The molecule has 0 spiro atoms. The van der Waals surface area contributed by atoms with Crippen LogP contribution in [0.2, 0.25) is 19.1 Å². The topological polar surface area (TPSA) is 21.6 Å². The van der Waals surface area contributed by atoms with Gasteiger partial charge in [-0.25, -0.2) is 0 Å². The Hall–Kier alpha value is -1.09. The fourth-order valence-corrected chi connectivity index (χ4v) is 4.77. The van der Waals surface area contributed by atoms with Crippen LogP contribution >= 0.6 is 0 Å². The van der Waals surface area contributed by atoms with Crippen LogP contribution in [0.3, 0.4) is 0 Å². The van der Waals surface area contributed by atoms with Crippen molar-refractivity contribution in [1.29, 1.82) is 0 Å². The van der Waals surface area contributed by atoms with Gasteiger partial charge in [-0.1, -0.05) is 48.6 Å². The van der Waals surface area contributed by atoms with Gasteiger partial charge in [0, 0.05) is 0 Å². The van der Waals surface area contributed by atoms with Crippen LogP contribution in [0.5, 0.6) is 0 Å². The standard InChI is InChI=1S/C12H17NOSi/c1-15(2,9-11-8-14-10-13-11)12-6-4-3-5-7-12/h3-7,10-11H,8-9H2,1-2H3. The molecule has 0 aliphatic carbocycles. The Morgan fingerprint density at radius 3 is 2.67 bits per heavy atom. The van der Waals surface area contributed by atoms with Gasteiger partial charge in [-0.2, -0.15) is 0 Å². The van der Waals surface area contributed by atoms with Gasteiger partial charge in [0.05, 0.1) is 14.1 Å². The van der Waals surface area contributed by atoms with E-state index in [-0.39, 0.29) is 0 Å². The van der Waals surface area contributed by atoms with E-state index < -0.39 is 8.07 Å². The smallest absolute Gasteiger partial charge is 0.169 e. The molecule has 3 heteroatoms. The highest BCUT2D eigenvalue weighted by atomic mass is 28.3. The van der Waals surface area contributed by atoms with Crippen molar-refractivity contribution >= 4 is 19.7 Å². The normalized spacial score (nSPS) is 20.3. The molecule has 80 valence electrons. The van der Waals surface area contributed by atoms with E-state index in [1.807, 2.05) is 0 Å². The zero-order valence-electron chi connectivity index (χ0n) is 9.31. The van der Waals surface area contributed by atoms with Gasteiger partial charge in [-0.05, 0) is 6.04 Å². The summed E-state index contributed by atoms with van der Waals surface area (Å²) >= 11 is 0. The predicted molar refractivity (Wildman–Crippen MR) is 66.6 cm³/mol. The van der Waals surface area contributed by atoms with E-state index in [9.17, 15) is 0 Å². The molecule has 0 radical (unpaired) electrons. The average molecular weight is 219 g/mol. The maximum Gasteiger partial charge on any atom is 0.169 e. The van der Waals surface area contributed by atoms with E-state index in [0.29, 0.717) is 6.04 Å². The summed E-state index contributed by atoms with van der Waals surface area (Å²) in [6.07, 6.45) is 1.60. The summed E-state index contributed by atoms with van der Waals surface area (Å²) in [7, 11) is -1.34. The lowest BCUT2D eigenvalue weighted by molar-refractivity contribution is 0.334. The van der Waals surface area contributed by atoms with Crippen LogP contribution in [-0.4, -0.2) is 27.1 Å². The van der Waals surface area contributed by atoms with E-state index in [4.69, 9.17) is 4.74 Å². The minimum Gasteiger partial charge on any atom is -0.481 e. The quantitative estimate of drug-likeness (QED) is 0.713. The predicted octanol–water partition coefficient (Wildman–Crippen LogP) is 2.03. The molecule has 1 aromatic rings. The maximum atomic E-state index is 5.17. The lowest BCUT2D eigenvalue weighted by atomic mass is 10.4. The van der Waals surface area contributed by atoms with E-state index in [0.717, 1.165) is 6.61 Å². The van der Waals surface area contributed by atoms with E-state index >= 15 is 0 Å². The van der Waals surface area contributed by atoms with Gasteiger partial charge in [0.15, 0.2) is 6.40 Å².